The van der Waals surface area contributed by atoms with Gasteiger partial charge in [-0.25, -0.2) is 0 Å². The van der Waals surface area contributed by atoms with Crippen LogP contribution in [0.5, 0.6) is 5.75 Å². The number of benzene rings is 2. The van der Waals surface area contributed by atoms with E-state index in [0.29, 0.717) is 13.0 Å². The average molecular weight is 258 g/mol. The SMILES string of the molecule is Cc1ccc2cc(OCCCCC(=O)O)ccc2c1. The van der Waals surface area contributed by atoms with Gasteiger partial charge in [0, 0.05) is 6.42 Å². The minimum atomic E-state index is -0.749. The van der Waals surface area contributed by atoms with Gasteiger partial charge >= 0.3 is 5.97 Å². The van der Waals surface area contributed by atoms with E-state index in [4.69, 9.17) is 9.84 Å². The summed E-state index contributed by atoms with van der Waals surface area (Å²) in [5, 5.41) is 10.9. The zero-order chi connectivity index (χ0) is 13.7. The van der Waals surface area contributed by atoms with E-state index in [2.05, 4.69) is 31.2 Å². The van der Waals surface area contributed by atoms with E-state index in [0.717, 1.165) is 17.6 Å². The number of hydrogen-bond donors (Lipinski definition) is 1. The molecule has 0 aliphatic carbocycles. The molecule has 0 heterocycles. The third-order valence-corrected chi connectivity index (χ3v) is 3.02. The number of hydrogen-bond acceptors (Lipinski definition) is 2. The first-order valence-electron chi connectivity index (χ1n) is 6.50. The molecule has 0 amide bonds. The molecular weight excluding hydrogens is 240 g/mol. The van der Waals surface area contributed by atoms with Gasteiger partial charge in [-0.2, -0.15) is 0 Å². The summed E-state index contributed by atoms with van der Waals surface area (Å²) in [7, 11) is 0. The highest BCUT2D eigenvalue weighted by Gasteiger charge is 1.99. The predicted octanol–water partition coefficient (Wildman–Crippen LogP) is 3.78. The van der Waals surface area contributed by atoms with Gasteiger partial charge in [0.2, 0.25) is 0 Å². The number of fused-ring (bicyclic) bond motifs is 1. The van der Waals surface area contributed by atoms with Crippen LogP contribution in [0.4, 0.5) is 0 Å². The van der Waals surface area contributed by atoms with E-state index in [1.54, 1.807) is 0 Å². The van der Waals surface area contributed by atoms with E-state index in [9.17, 15) is 4.79 Å². The van der Waals surface area contributed by atoms with E-state index < -0.39 is 5.97 Å². The summed E-state index contributed by atoms with van der Waals surface area (Å²) < 4.78 is 5.63. The number of carbonyl (C=O) groups is 1. The van der Waals surface area contributed by atoms with Crippen LogP contribution >= 0.6 is 0 Å². The van der Waals surface area contributed by atoms with Crippen molar-refractivity contribution in [3.63, 3.8) is 0 Å². The third kappa shape index (κ3) is 3.98. The number of aliphatic carboxylic acids is 1. The van der Waals surface area contributed by atoms with Crippen molar-refractivity contribution in [3.05, 3.63) is 42.0 Å². The molecule has 0 spiro atoms. The van der Waals surface area contributed by atoms with Crippen LogP contribution in [-0.4, -0.2) is 17.7 Å². The Morgan fingerprint density at radius 1 is 1.11 bits per heavy atom. The van der Waals surface area contributed by atoms with Gasteiger partial charge in [0.25, 0.3) is 0 Å². The van der Waals surface area contributed by atoms with Gasteiger partial charge in [0.15, 0.2) is 0 Å². The Kier molecular flexibility index (Phi) is 4.39. The normalized spacial score (nSPS) is 10.6. The topological polar surface area (TPSA) is 46.5 Å². The molecule has 3 nitrogen and oxygen atoms in total. The summed E-state index contributed by atoms with van der Waals surface area (Å²) in [6.45, 7) is 2.64. The molecule has 0 radical (unpaired) electrons. The summed E-state index contributed by atoms with van der Waals surface area (Å²) in [5.74, 6) is 0.0905. The van der Waals surface area contributed by atoms with Crippen LogP contribution in [0.25, 0.3) is 10.8 Å². The second kappa shape index (κ2) is 6.23. The second-order valence-corrected chi connectivity index (χ2v) is 4.71. The number of rotatable bonds is 6. The van der Waals surface area contributed by atoms with Crippen LogP contribution in [0.3, 0.4) is 0 Å². The van der Waals surface area contributed by atoms with Crippen LogP contribution in [-0.2, 0) is 4.79 Å². The molecule has 0 saturated heterocycles. The van der Waals surface area contributed by atoms with E-state index in [-0.39, 0.29) is 6.42 Å². The number of unbranched alkanes of at least 4 members (excludes halogenated alkanes) is 1. The monoisotopic (exact) mass is 258 g/mol. The van der Waals surface area contributed by atoms with Crippen molar-refractivity contribution in [2.75, 3.05) is 6.61 Å². The minimum absolute atomic E-state index is 0.209. The maximum absolute atomic E-state index is 10.4. The molecule has 1 N–H and O–H groups in total. The van der Waals surface area contributed by atoms with E-state index in [1.165, 1.54) is 10.9 Å². The van der Waals surface area contributed by atoms with Crippen molar-refractivity contribution in [2.45, 2.75) is 26.2 Å². The fraction of sp³-hybridized carbons (Fsp3) is 0.312. The molecule has 0 aliphatic rings. The smallest absolute Gasteiger partial charge is 0.303 e. The van der Waals surface area contributed by atoms with Crippen molar-refractivity contribution in [3.8, 4) is 5.75 Å². The zero-order valence-electron chi connectivity index (χ0n) is 11.1. The van der Waals surface area contributed by atoms with Crippen molar-refractivity contribution >= 4 is 16.7 Å². The molecule has 3 heteroatoms. The predicted molar refractivity (Wildman–Crippen MR) is 75.7 cm³/mol. The zero-order valence-corrected chi connectivity index (χ0v) is 11.1. The Balaban J connectivity index is 1.91. The standard InChI is InChI=1S/C16H18O3/c1-12-5-6-14-11-15(8-7-13(14)10-12)19-9-3-2-4-16(17)18/h5-8,10-11H,2-4,9H2,1H3,(H,17,18). The summed E-state index contributed by atoms with van der Waals surface area (Å²) in [4.78, 5) is 10.4. The maximum atomic E-state index is 10.4. The molecule has 0 aliphatic heterocycles. The van der Waals surface area contributed by atoms with Crippen molar-refractivity contribution < 1.29 is 14.6 Å². The third-order valence-electron chi connectivity index (χ3n) is 3.02. The Morgan fingerprint density at radius 2 is 1.84 bits per heavy atom. The molecule has 0 saturated carbocycles. The van der Waals surface area contributed by atoms with Gasteiger partial charge in [-0.05, 0) is 42.7 Å². The minimum Gasteiger partial charge on any atom is -0.494 e. The molecule has 0 fully saturated rings. The van der Waals surface area contributed by atoms with Crippen LogP contribution in [0, 0.1) is 6.92 Å². The largest absolute Gasteiger partial charge is 0.494 e. The maximum Gasteiger partial charge on any atom is 0.303 e. The lowest BCUT2D eigenvalue weighted by molar-refractivity contribution is -0.137. The lowest BCUT2D eigenvalue weighted by Crippen LogP contribution is -2.00. The highest BCUT2D eigenvalue weighted by atomic mass is 16.5. The summed E-state index contributed by atoms with van der Waals surface area (Å²) >= 11 is 0. The van der Waals surface area contributed by atoms with Gasteiger partial charge in [-0.3, -0.25) is 4.79 Å². The van der Waals surface area contributed by atoms with E-state index in [1.807, 2.05) is 12.1 Å². The fourth-order valence-corrected chi connectivity index (χ4v) is 2.00. The van der Waals surface area contributed by atoms with Crippen molar-refractivity contribution in [1.29, 1.82) is 0 Å². The van der Waals surface area contributed by atoms with Crippen molar-refractivity contribution in [1.82, 2.24) is 0 Å². The highest BCUT2D eigenvalue weighted by Crippen LogP contribution is 2.22. The Morgan fingerprint density at radius 3 is 2.63 bits per heavy atom. The quantitative estimate of drug-likeness (QED) is 0.802. The van der Waals surface area contributed by atoms with Crippen molar-refractivity contribution in [2.24, 2.45) is 0 Å². The molecule has 2 rings (SSSR count). The average Bonchev–Trinajstić information content (AvgIpc) is 2.38. The van der Waals surface area contributed by atoms with Gasteiger partial charge in [0.1, 0.15) is 5.75 Å². The Labute approximate surface area is 112 Å². The first-order chi connectivity index (χ1) is 9.15. The molecule has 0 atom stereocenters. The number of carboxylic acids is 1. The molecule has 100 valence electrons. The first-order valence-corrected chi connectivity index (χ1v) is 6.50. The summed E-state index contributed by atoms with van der Waals surface area (Å²) in [6, 6.07) is 12.3. The summed E-state index contributed by atoms with van der Waals surface area (Å²) in [5.41, 5.74) is 1.25. The molecule has 2 aromatic rings. The van der Waals surface area contributed by atoms with Crippen LogP contribution in [0.2, 0.25) is 0 Å². The molecule has 0 aromatic heterocycles. The lowest BCUT2D eigenvalue weighted by Gasteiger charge is -2.07. The first kappa shape index (κ1) is 13.4. The second-order valence-electron chi connectivity index (χ2n) is 4.71. The van der Waals surface area contributed by atoms with E-state index >= 15 is 0 Å². The van der Waals surface area contributed by atoms with Gasteiger partial charge in [-0.1, -0.05) is 29.8 Å². The van der Waals surface area contributed by atoms with Crippen LogP contribution in [0.1, 0.15) is 24.8 Å². The van der Waals surface area contributed by atoms with Gasteiger partial charge in [0.05, 0.1) is 6.61 Å². The number of ether oxygens (including phenoxy) is 1. The van der Waals surface area contributed by atoms with Crippen LogP contribution in [0.15, 0.2) is 36.4 Å². The molecular formula is C16H18O3. The van der Waals surface area contributed by atoms with Gasteiger partial charge in [-0.15, -0.1) is 0 Å². The molecule has 2 aromatic carbocycles. The number of carboxylic acid groups (broad SMARTS) is 1. The highest BCUT2D eigenvalue weighted by molar-refractivity contribution is 5.84. The fourth-order valence-electron chi connectivity index (χ4n) is 2.00. The molecule has 0 bridgehead atoms. The Bertz CT molecular complexity index is 575. The van der Waals surface area contributed by atoms with Crippen LogP contribution < -0.4 is 4.74 Å². The number of aryl methyl sites for hydroxylation is 1. The molecule has 0 unspecified atom stereocenters. The lowest BCUT2D eigenvalue weighted by atomic mass is 10.1. The van der Waals surface area contributed by atoms with Gasteiger partial charge < -0.3 is 9.84 Å². The Hall–Kier alpha value is -2.03. The summed E-state index contributed by atoms with van der Waals surface area (Å²) in [6.07, 6.45) is 1.63. The molecule has 19 heavy (non-hydrogen) atoms.